The molecule has 0 spiro atoms. The molecule has 9 nitrogen and oxygen atoms in total. The Kier molecular flexibility index (Phi) is 6.05. The predicted octanol–water partition coefficient (Wildman–Crippen LogP) is 3.22. The van der Waals surface area contributed by atoms with Crippen LogP contribution >= 0.6 is 0 Å². The number of rotatable bonds is 10. The number of benzene rings is 2. The molecule has 0 N–H and O–H groups in total. The van der Waals surface area contributed by atoms with Crippen molar-refractivity contribution in [2.45, 2.75) is 25.0 Å². The van der Waals surface area contributed by atoms with E-state index in [1.807, 2.05) is 12.1 Å². The second-order valence-corrected chi connectivity index (χ2v) is 7.68. The zero-order valence-electron chi connectivity index (χ0n) is 17.6. The SMILES string of the molecule is O=C(Oc1ccc(OCC2CO2)cc1)c1cnc(C(=O)Oc2ccc(CCC3CO3)cc2)o1. The molecule has 0 aliphatic carbocycles. The Morgan fingerprint density at radius 1 is 0.848 bits per heavy atom. The molecule has 0 radical (unpaired) electrons. The highest BCUT2D eigenvalue weighted by Gasteiger charge is 2.24. The van der Waals surface area contributed by atoms with Crippen molar-refractivity contribution in [3.8, 4) is 17.2 Å². The van der Waals surface area contributed by atoms with Gasteiger partial charge in [-0.2, -0.15) is 0 Å². The first-order chi connectivity index (χ1) is 16.1. The summed E-state index contributed by atoms with van der Waals surface area (Å²) in [6, 6.07) is 13.7. The summed E-state index contributed by atoms with van der Waals surface area (Å²) in [7, 11) is 0. The molecule has 3 aromatic rings. The monoisotopic (exact) mass is 451 g/mol. The molecule has 2 fully saturated rings. The van der Waals surface area contributed by atoms with Gasteiger partial charge in [0.1, 0.15) is 30.0 Å². The lowest BCUT2D eigenvalue weighted by atomic mass is 10.1. The molecular formula is C24H21NO8. The standard InChI is InChI=1S/C24H21NO8/c26-23(31-18-9-7-16(8-10-18)28-13-20-14-30-20)21-11-25-22(33-21)24(27)32-17-4-1-15(2-5-17)3-6-19-12-29-19/h1-2,4-5,7-11,19-20H,3,6,12-14H2. The van der Waals surface area contributed by atoms with Crippen LogP contribution in [-0.2, 0) is 15.9 Å². The Morgan fingerprint density at radius 2 is 1.45 bits per heavy atom. The number of nitrogens with zero attached hydrogens (tertiary/aromatic N) is 1. The van der Waals surface area contributed by atoms with E-state index in [-0.39, 0.29) is 17.8 Å². The Labute approximate surface area is 189 Å². The van der Waals surface area contributed by atoms with Crippen molar-refractivity contribution in [2.24, 2.45) is 0 Å². The first-order valence-electron chi connectivity index (χ1n) is 10.6. The average molecular weight is 451 g/mol. The van der Waals surface area contributed by atoms with E-state index in [0.717, 1.165) is 31.2 Å². The van der Waals surface area contributed by atoms with E-state index in [4.69, 9.17) is 28.1 Å². The summed E-state index contributed by atoms with van der Waals surface area (Å²) >= 11 is 0. The molecule has 9 heteroatoms. The number of oxazole rings is 1. The van der Waals surface area contributed by atoms with Crippen LogP contribution in [0.1, 0.15) is 33.2 Å². The molecule has 2 aromatic carbocycles. The van der Waals surface area contributed by atoms with Crippen molar-refractivity contribution in [3.63, 3.8) is 0 Å². The van der Waals surface area contributed by atoms with Crippen LogP contribution in [-0.4, -0.2) is 49.0 Å². The van der Waals surface area contributed by atoms with E-state index in [9.17, 15) is 9.59 Å². The molecule has 0 amide bonds. The van der Waals surface area contributed by atoms with Crippen LogP contribution < -0.4 is 14.2 Å². The van der Waals surface area contributed by atoms with Crippen LogP contribution in [0, 0.1) is 0 Å². The maximum atomic E-state index is 12.3. The summed E-state index contributed by atoms with van der Waals surface area (Å²) in [5, 5.41) is 0. The summed E-state index contributed by atoms with van der Waals surface area (Å²) in [5.41, 5.74) is 1.13. The van der Waals surface area contributed by atoms with Crippen LogP contribution in [0.4, 0.5) is 0 Å². The largest absolute Gasteiger partial charge is 0.491 e. The van der Waals surface area contributed by atoms with Crippen molar-refractivity contribution in [3.05, 3.63) is 71.9 Å². The van der Waals surface area contributed by atoms with E-state index in [1.165, 1.54) is 0 Å². The first kappa shape index (κ1) is 21.2. The average Bonchev–Trinajstić information content (AvgIpc) is 3.77. The number of carbonyl (C=O) groups excluding carboxylic acids is 2. The van der Waals surface area contributed by atoms with Crippen LogP contribution in [0.25, 0.3) is 0 Å². The Balaban J connectivity index is 1.12. The third-order valence-corrected chi connectivity index (χ3v) is 5.05. The van der Waals surface area contributed by atoms with Crippen LogP contribution in [0.5, 0.6) is 17.2 Å². The molecule has 170 valence electrons. The molecule has 1 aromatic heterocycles. The van der Waals surface area contributed by atoms with Gasteiger partial charge in [0.2, 0.25) is 5.76 Å². The minimum atomic E-state index is -0.811. The molecule has 0 bridgehead atoms. The third kappa shape index (κ3) is 5.97. The van der Waals surface area contributed by atoms with Crippen molar-refractivity contribution >= 4 is 11.9 Å². The number of hydrogen-bond acceptors (Lipinski definition) is 9. The van der Waals surface area contributed by atoms with E-state index in [2.05, 4.69) is 4.98 Å². The molecular weight excluding hydrogens is 430 g/mol. The Hall–Kier alpha value is -3.69. The fraction of sp³-hybridized carbons (Fsp3) is 0.292. The second kappa shape index (κ2) is 9.43. The number of ether oxygens (including phenoxy) is 5. The summed E-state index contributed by atoms with van der Waals surface area (Å²) in [6.07, 6.45) is 3.52. The van der Waals surface area contributed by atoms with Gasteiger partial charge in [0, 0.05) is 0 Å². The van der Waals surface area contributed by atoms with Gasteiger partial charge in [0.25, 0.3) is 0 Å². The number of carbonyl (C=O) groups is 2. The molecule has 2 unspecified atom stereocenters. The van der Waals surface area contributed by atoms with Gasteiger partial charge >= 0.3 is 17.8 Å². The summed E-state index contributed by atoms with van der Waals surface area (Å²) in [6.45, 7) is 2.03. The number of hydrogen-bond donors (Lipinski definition) is 0. The normalized spacial score (nSPS) is 18.4. The van der Waals surface area contributed by atoms with Gasteiger partial charge < -0.3 is 28.1 Å². The number of esters is 2. The lowest BCUT2D eigenvalue weighted by Gasteiger charge is -2.06. The third-order valence-electron chi connectivity index (χ3n) is 5.05. The van der Waals surface area contributed by atoms with Gasteiger partial charge in [0.05, 0.1) is 25.5 Å². The topological polar surface area (TPSA) is 113 Å². The van der Waals surface area contributed by atoms with Crippen LogP contribution in [0.15, 0.2) is 59.1 Å². The minimum Gasteiger partial charge on any atom is -0.491 e. The molecule has 5 rings (SSSR count). The summed E-state index contributed by atoms with van der Waals surface area (Å²) < 4.78 is 31.6. The van der Waals surface area contributed by atoms with Gasteiger partial charge in [-0.1, -0.05) is 12.1 Å². The van der Waals surface area contributed by atoms with Gasteiger partial charge in [-0.25, -0.2) is 14.6 Å². The van der Waals surface area contributed by atoms with E-state index < -0.39 is 11.9 Å². The van der Waals surface area contributed by atoms with Gasteiger partial charge in [-0.3, -0.25) is 0 Å². The maximum Gasteiger partial charge on any atom is 0.400 e. The van der Waals surface area contributed by atoms with Gasteiger partial charge in [-0.15, -0.1) is 0 Å². The number of epoxide rings is 2. The molecule has 0 saturated carbocycles. The fourth-order valence-corrected chi connectivity index (χ4v) is 3.01. The lowest BCUT2D eigenvalue weighted by molar-refractivity contribution is 0.0666. The minimum absolute atomic E-state index is 0.154. The first-order valence-corrected chi connectivity index (χ1v) is 10.6. The second-order valence-electron chi connectivity index (χ2n) is 7.68. The van der Waals surface area contributed by atoms with Crippen molar-refractivity contribution in [2.75, 3.05) is 19.8 Å². The van der Waals surface area contributed by atoms with Crippen LogP contribution in [0.3, 0.4) is 0 Å². The molecule has 2 aliphatic rings. The van der Waals surface area contributed by atoms with E-state index in [0.29, 0.717) is 36.6 Å². The Bertz CT molecular complexity index is 1030. The van der Waals surface area contributed by atoms with E-state index in [1.54, 1.807) is 36.4 Å². The van der Waals surface area contributed by atoms with Crippen molar-refractivity contribution in [1.29, 1.82) is 0 Å². The predicted molar refractivity (Wildman–Crippen MR) is 113 cm³/mol. The highest BCUT2D eigenvalue weighted by molar-refractivity contribution is 5.90. The Morgan fingerprint density at radius 3 is 2.12 bits per heavy atom. The van der Waals surface area contributed by atoms with E-state index >= 15 is 0 Å². The molecule has 2 saturated heterocycles. The summed E-state index contributed by atoms with van der Waals surface area (Å²) in [4.78, 5) is 28.4. The quantitative estimate of drug-likeness (QED) is 0.260. The molecule has 3 heterocycles. The molecule has 2 aliphatic heterocycles. The van der Waals surface area contributed by atoms with Crippen LogP contribution in [0.2, 0.25) is 0 Å². The highest BCUT2D eigenvalue weighted by Crippen LogP contribution is 2.22. The highest BCUT2D eigenvalue weighted by atomic mass is 16.6. The number of aromatic nitrogens is 1. The summed E-state index contributed by atoms with van der Waals surface area (Å²) in [5.74, 6) is -0.873. The maximum absolute atomic E-state index is 12.3. The van der Waals surface area contributed by atoms with Gasteiger partial charge in [-0.05, 0) is 54.8 Å². The lowest BCUT2D eigenvalue weighted by Crippen LogP contribution is -2.10. The fourth-order valence-electron chi connectivity index (χ4n) is 3.01. The van der Waals surface area contributed by atoms with Crippen molar-refractivity contribution in [1.82, 2.24) is 4.98 Å². The number of aryl methyl sites for hydroxylation is 1. The van der Waals surface area contributed by atoms with Gasteiger partial charge in [0.15, 0.2) is 0 Å². The zero-order chi connectivity index (χ0) is 22.6. The molecule has 2 atom stereocenters. The van der Waals surface area contributed by atoms with Crippen molar-refractivity contribution < 1.29 is 37.7 Å². The smallest absolute Gasteiger partial charge is 0.400 e. The zero-order valence-corrected chi connectivity index (χ0v) is 17.6. The molecule has 33 heavy (non-hydrogen) atoms.